The van der Waals surface area contributed by atoms with Crippen molar-refractivity contribution < 1.29 is 14.2 Å². The van der Waals surface area contributed by atoms with Gasteiger partial charge < -0.3 is 24.8 Å². The highest BCUT2D eigenvalue weighted by Gasteiger charge is 2.06. The summed E-state index contributed by atoms with van der Waals surface area (Å²) in [5, 5.41) is 6.74. The number of nitrogens with zero attached hydrogens (tertiary/aromatic N) is 1. The van der Waals surface area contributed by atoms with E-state index >= 15 is 0 Å². The highest BCUT2D eigenvalue weighted by molar-refractivity contribution is 14.0. The maximum absolute atomic E-state index is 5.97. The summed E-state index contributed by atoms with van der Waals surface area (Å²) in [6, 6.07) is 14.7. The third-order valence-electron chi connectivity index (χ3n) is 4.71. The normalized spacial score (nSPS) is 11.2. The van der Waals surface area contributed by atoms with Crippen LogP contribution in [0.1, 0.15) is 42.5 Å². The zero-order valence-electron chi connectivity index (χ0n) is 19.9. The molecule has 2 rings (SSSR count). The average molecular weight is 556 g/mol. The molecule has 0 saturated carbocycles. The Kier molecular flexibility index (Phi) is 14.0. The van der Waals surface area contributed by atoms with Gasteiger partial charge in [0.15, 0.2) is 5.96 Å². The number of hydrogen-bond acceptors (Lipinski definition) is 4. The SMILES string of the molecule is CN=C(NCc1ccc(COC(C)C)cc1)NCc1ccc(C)cc1OCCCOC.I. The number of benzene rings is 2. The zero-order valence-corrected chi connectivity index (χ0v) is 22.3. The second kappa shape index (κ2) is 15.9. The molecule has 0 spiro atoms. The number of halogens is 1. The summed E-state index contributed by atoms with van der Waals surface area (Å²) in [5.74, 6) is 1.65. The molecule has 32 heavy (non-hydrogen) atoms. The Bertz CT molecular complexity index is 811. The largest absolute Gasteiger partial charge is 0.493 e. The third-order valence-corrected chi connectivity index (χ3v) is 4.71. The fraction of sp³-hybridized carbons (Fsp3) is 0.480. The fourth-order valence-corrected chi connectivity index (χ4v) is 2.93. The molecule has 0 aromatic heterocycles. The van der Waals surface area contributed by atoms with Gasteiger partial charge in [0.25, 0.3) is 0 Å². The van der Waals surface area contributed by atoms with Gasteiger partial charge in [-0.1, -0.05) is 36.4 Å². The number of guanidine groups is 1. The van der Waals surface area contributed by atoms with E-state index in [1.807, 2.05) is 13.8 Å². The molecule has 0 aliphatic heterocycles. The fourth-order valence-electron chi connectivity index (χ4n) is 2.93. The predicted octanol–water partition coefficient (Wildman–Crippen LogP) is 4.82. The van der Waals surface area contributed by atoms with Crippen LogP contribution in [0, 0.1) is 6.92 Å². The van der Waals surface area contributed by atoms with Crippen molar-refractivity contribution in [1.29, 1.82) is 0 Å². The molecule has 178 valence electrons. The average Bonchev–Trinajstić information content (AvgIpc) is 2.77. The summed E-state index contributed by atoms with van der Waals surface area (Å²) < 4.78 is 16.7. The van der Waals surface area contributed by atoms with E-state index in [2.05, 4.69) is 65.0 Å². The van der Waals surface area contributed by atoms with Crippen molar-refractivity contribution >= 4 is 29.9 Å². The summed E-state index contributed by atoms with van der Waals surface area (Å²) in [4.78, 5) is 4.34. The predicted molar refractivity (Wildman–Crippen MR) is 142 cm³/mol. The molecule has 0 radical (unpaired) electrons. The number of nitrogens with one attached hydrogen (secondary N) is 2. The summed E-state index contributed by atoms with van der Waals surface area (Å²) >= 11 is 0. The van der Waals surface area contributed by atoms with Crippen molar-refractivity contribution in [3.8, 4) is 5.75 Å². The molecule has 0 unspecified atom stereocenters. The lowest BCUT2D eigenvalue weighted by Gasteiger charge is -2.16. The third kappa shape index (κ3) is 10.7. The molecule has 2 aromatic rings. The van der Waals surface area contributed by atoms with Gasteiger partial charge in [0.1, 0.15) is 5.75 Å². The van der Waals surface area contributed by atoms with E-state index < -0.39 is 0 Å². The highest BCUT2D eigenvalue weighted by Crippen LogP contribution is 2.20. The molecular formula is C25H38IN3O3. The quantitative estimate of drug-likeness (QED) is 0.170. The topological polar surface area (TPSA) is 64.1 Å². The first-order valence-corrected chi connectivity index (χ1v) is 10.9. The first-order chi connectivity index (χ1) is 15.0. The van der Waals surface area contributed by atoms with Gasteiger partial charge in [-0.2, -0.15) is 0 Å². The van der Waals surface area contributed by atoms with Crippen LogP contribution < -0.4 is 15.4 Å². The first kappa shape index (κ1) is 28.2. The molecule has 0 atom stereocenters. The lowest BCUT2D eigenvalue weighted by molar-refractivity contribution is 0.0657. The highest BCUT2D eigenvalue weighted by atomic mass is 127. The van der Waals surface area contributed by atoms with Crippen molar-refractivity contribution in [1.82, 2.24) is 10.6 Å². The molecule has 6 nitrogen and oxygen atoms in total. The number of aryl methyl sites for hydroxylation is 1. The van der Waals surface area contributed by atoms with Gasteiger partial charge in [0.05, 0.1) is 19.3 Å². The molecule has 7 heteroatoms. The Balaban J connectivity index is 0.00000512. The Morgan fingerprint density at radius 2 is 1.66 bits per heavy atom. The molecule has 2 aromatic carbocycles. The van der Waals surface area contributed by atoms with E-state index in [4.69, 9.17) is 14.2 Å². The number of hydrogen-bond donors (Lipinski definition) is 2. The molecule has 0 fully saturated rings. The molecule has 0 amide bonds. The second-order valence-electron chi connectivity index (χ2n) is 7.76. The van der Waals surface area contributed by atoms with Gasteiger partial charge >= 0.3 is 0 Å². The van der Waals surface area contributed by atoms with Crippen LogP contribution in [0.25, 0.3) is 0 Å². The Morgan fingerprint density at radius 1 is 0.969 bits per heavy atom. The summed E-state index contributed by atoms with van der Waals surface area (Å²) in [7, 11) is 3.48. The molecule has 0 aliphatic rings. The second-order valence-corrected chi connectivity index (χ2v) is 7.76. The van der Waals surface area contributed by atoms with E-state index in [9.17, 15) is 0 Å². The van der Waals surface area contributed by atoms with Crippen LogP contribution in [0.15, 0.2) is 47.5 Å². The molecular weight excluding hydrogens is 517 g/mol. The van der Waals surface area contributed by atoms with E-state index in [0.29, 0.717) is 32.9 Å². The van der Waals surface area contributed by atoms with Crippen LogP contribution in [0.4, 0.5) is 0 Å². The van der Waals surface area contributed by atoms with E-state index in [1.165, 1.54) is 16.7 Å². The Hall–Kier alpha value is -1.84. The number of rotatable bonds is 12. The van der Waals surface area contributed by atoms with Crippen LogP contribution >= 0.6 is 24.0 Å². The number of ether oxygens (including phenoxy) is 3. The number of methoxy groups -OCH3 is 1. The van der Waals surface area contributed by atoms with Gasteiger partial charge in [-0.3, -0.25) is 4.99 Å². The van der Waals surface area contributed by atoms with Gasteiger partial charge in [-0.05, 0) is 43.5 Å². The Morgan fingerprint density at radius 3 is 2.31 bits per heavy atom. The molecule has 0 saturated heterocycles. The minimum atomic E-state index is 0. The summed E-state index contributed by atoms with van der Waals surface area (Å²) in [6.45, 7) is 9.45. The van der Waals surface area contributed by atoms with Crippen LogP contribution in [0.2, 0.25) is 0 Å². The molecule has 0 aliphatic carbocycles. The minimum Gasteiger partial charge on any atom is -0.493 e. The van der Waals surface area contributed by atoms with Crippen molar-refractivity contribution in [3.63, 3.8) is 0 Å². The van der Waals surface area contributed by atoms with E-state index in [-0.39, 0.29) is 30.1 Å². The summed E-state index contributed by atoms with van der Waals surface area (Å²) in [6.07, 6.45) is 1.10. The molecule has 0 bridgehead atoms. The van der Waals surface area contributed by atoms with Crippen molar-refractivity contribution in [2.45, 2.75) is 53.0 Å². The lowest BCUT2D eigenvalue weighted by Crippen LogP contribution is -2.36. The Labute approximate surface area is 210 Å². The van der Waals surface area contributed by atoms with Gasteiger partial charge in [-0.15, -0.1) is 24.0 Å². The van der Waals surface area contributed by atoms with Gasteiger partial charge in [0.2, 0.25) is 0 Å². The van der Waals surface area contributed by atoms with E-state index in [1.54, 1.807) is 14.2 Å². The van der Waals surface area contributed by atoms with Crippen molar-refractivity contribution in [3.05, 3.63) is 64.7 Å². The minimum absolute atomic E-state index is 0. The lowest BCUT2D eigenvalue weighted by atomic mass is 10.1. The molecule has 0 heterocycles. The molecule has 2 N–H and O–H groups in total. The zero-order chi connectivity index (χ0) is 22.5. The van der Waals surface area contributed by atoms with Gasteiger partial charge in [0, 0.05) is 45.8 Å². The van der Waals surface area contributed by atoms with Gasteiger partial charge in [-0.25, -0.2) is 0 Å². The maximum atomic E-state index is 5.97. The standard InChI is InChI=1S/C25H37N3O3.HI/c1-19(2)31-18-22-10-8-21(9-11-22)16-27-25(26-4)28-17-23-12-7-20(3)15-24(23)30-14-6-13-29-5;/h7-12,15,19H,6,13-14,16-18H2,1-5H3,(H2,26,27,28);1H. The first-order valence-electron chi connectivity index (χ1n) is 10.9. The number of aliphatic imine (C=N–C) groups is 1. The van der Waals surface area contributed by atoms with Crippen molar-refractivity contribution in [2.75, 3.05) is 27.4 Å². The monoisotopic (exact) mass is 555 g/mol. The maximum Gasteiger partial charge on any atom is 0.191 e. The van der Waals surface area contributed by atoms with Crippen LogP contribution in [-0.4, -0.2) is 39.4 Å². The van der Waals surface area contributed by atoms with E-state index in [0.717, 1.165) is 23.7 Å². The van der Waals surface area contributed by atoms with Crippen LogP contribution in [-0.2, 0) is 29.2 Å². The van der Waals surface area contributed by atoms with Crippen molar-refractivity contribution in [2.24, 2.45) is 4.99 Å². The summed E-state index contributed by atoms with van der Waals surface area (Å²) in [5.41, 5.74) is 4.64. The van der Waals surface area contributed by atoms with Crippen LogP contribution in [0.5, 0.6) is 5.75 Å². The smallest absolute Gasteiger partial charge is 0.191 e. The van der Waals surface area contributed by atoms with Crippen LogP contribution in [0.3, 0.4) is 0 Å².